The molecule has 0 radical (unpaired) electrons. The number of ether oxygens (including phenoxy) is 1. The number of fused-ring (bicyclic) bond motifs is 3. The molecule has 0 fully saturated rings. The molecule has 0 spiro atoms. The Kier molecular flexibility index (Phi) is 2.08. The highest BCUT2D eigenvalue weighted by Gasteiger charge is 2.17. The monoisotopic (exact) mass is 226 g/mol. The Labute approximate surface area is 98.0 Å². The van der Waals surface area contributed by atoms with Crippen molar-refractivity contribution in [2.45, 2.75) is 6.61 Å². The molecule has 0 unspecified atom stereocenters. The van der Waals surface area contributed by atoms with Gasteiger partial charge in [0.25, 0.3) is 0 Å². The lowest BCUT2D eigenvalue weighted by Gasteiger charge is -2.20. The van der Waals surface area contributed by atoms with Crippen LogP contribution in [-0.2, 0) is 6.61 Å². The van der Waals surface area contributed by atoms with Crippen LogP contribution in [0.15, 0.2) is 36.7 Å². The predicted octanol–water partition coefficient (Wildman–Crippen LogP) is 1.74. The van der Waals surface area contributed by atoms with Gasteiger partial charge in [0.1, 0.15) is 12.4 Å². The maximum absolute atomic E-state index is 11.1. The average molecular weight is 226 g/mol. The Morgan fingerprint density at radius 2 is 2.18 bits per heavy atom. The number of benzene rings is 1. The Balaban J connectivity index is 2.18. The number of hydrogen-bond acceptors (Lipinski definition) is 3. The van der Waals surface area contributed by atoms with Crippen LogP contribution in [0.4, 0.5) is 0 Å². The number of nitrogens with two attached hydrogens (primary N) is 1. The maximum Gasteiger partial charge on any atom is 0.248 e. The Morgan fingerprint density at radius 1 is 1.29 bits per heavy atom. The summed E-state index contributed by atoms with van der Waals surface area (Å²) in [5.41, 5.74) is 8.79. The van der Waals surface area contributed by atoms with Crippen molar-refractivity contribution in [3.63, 3.8) is 0 Å². The fourth-order valence-electron chi connectivity index (χ4n) is 2.00. The molecule has 3 rings (SSSR count). The van der Waals surface area contributed by atoms with Gasteiger partial charge in [-0.25, -0.2) is 0 Å². The standard InChI is InChI=1S/C13H10N2O2/c14-13(16)8-1-2-10-9(5-8)7-17-12-6-15-4-3-11(10)12/h1-6H,7H2,(H2,14,16). The molecule has 84 valence electrons. The van der Waals surface area contributed by atoms with Crippen LogP contribution in [0.25, 0.3) is 11.1 Å². The van der Waals surface area contributed by atoms with Crippen LogP contribution in [0.3, 0.4) is 0 Å². The average Bonchev–Trinajstić information content (AvgIpc) is 2.38. The zero-order valence-electron chi connectivity index (χ0n) is 9.01. The summed E-state index contributed by atoms with van der Waals surface area (Å²) < 4.78 is 5.57. The minimum Gasteiger partial charge on any atom is -0.487 e. The van der Waals surface area contributed by atoms with Gasteiger partial charge >= 0.3 is 0 Å². The van der Waals surface area contributed by atoms with Crippen LogP contribution in [0.2, 0.25) is 0 Å². The third-order valence-corrected chi connectivity index (χ3v) is 2.85. The number of carbonyl (C=O) groups is 1. The van der Waals surface area contributed by atoms with Gasteiger partial charge in [-0.1, -0.05) is 6.07 Å². The van der Waals surface area contributed by atoms with E-state index in [2.05, 4.69) is 4.98 Å². The van der Waals surface area contributed by atoms with Gasteiger partial charge in [0.05, 0.1) is 6.20 Å². The molecule has 2 N–H and O–H groups in total. The van der Waals surface area contributed by atoms with E-state index in [4.69, 9.17) is 10.5 Å². The van der Waals surface area contributed by atoms with Crippen LogP contribution in [0.1, 0.15) is 15.9 Å². The number of nitrogens with zero attached hydrogens (tertiary/aromatic N) is 1. The van der Waals surface area contributed by atoms with E-state index in [0.29, 0.717) is 12.2 Å². The van der Waals surface area contributed by atoms with E-state index < -0.39 is 5.91 Å². The van der Waals surface area contributed by atoms with Crippen LogP contribution in [0.5, 0.6) is 5.75 Å². The third kappa shape index (κ3) is 1.54. The molecule has 0 atom stereocenters. The summed E-state index contributed by atoms with van der Waals surface area (Å²) in [6.07, 6.45) is 3.42. The first-order valence-corrected chi connectivity index (χ1v) is 5.25. The van der Waals surface area contributed by atoms with E-state index in [-0.39, 0.29) is 0 Å². The zero-order valence-corrected chi connectivity index (χ0v) is 9.01. The van der Waals surface area contributed by atoms with Gasteiger partial charge in [0.15, 0.2) is 0 Å². The second-order valence-corrected chi connectivity index (χ2v) is 3.90. The predicted molar refractivity (Wildman–Crippen MR) is 62.5 cm³/mol. The van der Waals surface area contributed by atoms with Crippen LogP contribution in [-0.4, -0.2) is 10.9 Å². The van der Waals surface area contributed by atoms with Gasteiger partial charge in [-0.2, -0.15) is 0 Å². The minimum absolute atomic E-state index is 0.423. The zero-order chi connectivity index (χ0) is 11.8. The lowest BCUT2D eigenvalue weighted by molar-refractivity contribution is 0.1000. The van der Waals surface area contributed by atoms with Gasteiger partial charge < -0.3 is 10.5 Å². The molecule has 17 heavy (non-hydrogen) atoms. The molecule has 2 heterocycles. The fraction of sp³-hybridized carbons (Fsp3) is 0.0769. The number of rotatable bonds is 1. The normalized spacial score (nSPS) is 12.2. The Morgan fingerprint density at radius 3 is 3.00 bits per heavy atom. The van der Waals surface area contributed by atoms with Crippen molar-refractivity contribution in [3.05, 3.63) is 47.8 Å². The first-order valence-electron chi connectivity index (χ1n) is 5.25. The van der Waals surface area contributed by atoms with Crippen molar-refractivity contribution in [2.75, 3.05) is 0 Å². The largest absolute Gasteiger partial charge is 0.487 e. The van der Waals surface area contributed by atoms with E-state index in [1.807, 2.05) is 12.1 Å². The number of hydrogen-bond donors (Lipinski definition) is 1. The third-order valence-electron chi connectivity index (χ3n) is 2.85. The first-order chi connectivity index (χ1) is 8.25. The molecule has 4 nitrogen and oxygen atoms in total. The highest BCUT2D eigenvalue weighted by molar-refractivity contribution is 5.94. The SMILES string of the molecule is NC(=O)c1ccc2c(c1)COc1cnccc1-2. The number of primary amides is 1. The Bertz CT molecular complexity index is 608. The van der Waals surface area contributed by atoms with Gasteiger partial charge in [0, 0.05) is 17.3 Å². The van der Waals surface area contributed by atoms with E-state index in [0.717, 1.165) is 22.4 Å². The highest BCUT2D eigenvalue weighted by Crippen LogP contribution is 2.36. The molecule has 2 aromatic rings. The van der Waals surface area contributed by atoms with Crippen LogP contribution < -0.4 is 10.5 Å². The molecule has 1 aliphatic heterocycles. The molecule has 4 heteroatoms. The van der Waals surface area contributed by atoms with Crippen molar-refractivity contribution < 1.29 is 9.53 Å². The topological polar surface area (TPSA) is 65.2 Å². The van der Waals surface area contributed by atoms with E-state index in [1.165, 1.54) is 0 Å². The summed E-state index contributed by atoms with van der Waals surface area (Å²) in [7, 11) is 0. The van der Waals surface area contributed by atoms with Gasteiger partial charge in [-0.3, -0.25) is 9.78 Å². The van der Waals surface area contributed by atoms with Crippen LogP contribution in [0, 0.1) is 0 Å². The van der Waals surface area contributed by atoms with Gasteiger partial charge in [0.2, 0.25) is 5.91 Å². The maximum atomic E-state index is 11.1. The molecule has 0 saturated carbocycles. The van der Waals surface area contributed by atoms with Crippen LogP contribution >= 0.6 is 0 Å². The van der Waals surface area contributed by atoms with Crippen molar-refractivity contribution in [2.24, 2.45) is 5.73 Å². The summed E-state index contributed by atoms with van der Waals surface area (Å²) >= 11 is 0. The molecule has 0 bridgehead atoms. The van der Waals surface area contributed by atoms with Crippen molar-refractivity contribution >= 4 is 5.91 Å². The lowest BCUT2D eigenvalue weighted by atomic mass is 9.96. The number of amides is 1. The second kappa shape index (κ2) is 3.59. The number of aromatic nitrogens is 1. The Hall–Kier alpha value is -2.36. The van der Waals surface area contributed by atoms with Crippen molar-refractivity contribution in [3.8, 4) is 16.9 Å². The summed E-state index contributed by atoms with van der Waals surface area (Å²) in [5.74, 6) is 0.347. The lowest BCUT2D eigenvalue weighted by Crippen LogP contribution is -2.13. The molecular formula is C13H10N2O2. The van der Waals surface area contributed by atoms with Crippen molar-refractivity contribution in [1.29, 1.82) is 0 Å². The van der Waals surface area contributed by atoms with Crippen molar-refractivity contribution in [1.82, 2.24) is 4.98 Å². The number of carbonyl (C=O) groups excluding carboxylic acids is 1. The molecule has 1 aromatic heterocycles. The molecule has 1 aromatic carbocycles. The van der Waals surface area contributed by atoms with E-state index >= 15 is 0 Å². The summed E-state index contributed by atoms with van der Waals surface area (Å²) in [5, 5.41) is 0. The van der Waals surface area contributed by atoms with E-state index in [9.17, 15) is 4.79 Å². The molecule has 0 aliphatic carbocycles. The van der Waals surface area contributed by atoms with Gasteiger partial charge in [-0.15, -0.1) is 0 Å². The summed E-state index contributed by atoms with van der Waals surface area (Å²) in [6, 6.07) is 7.31. The molecule has 0 saturated heterocycles. The minimum atomic E-state index is -0.423. The smallest absolute Gasteiger partial charge is 0.248 e. The summed E-state index contributed by atoms with van der Waals surface area (Å²) in [4.78, 5) is 15.1. The highest BCUT2D eigenvalue weighted by atomic mass is 16.5. The first kappa shape index (κ1) is 9.84. The fourth-order valence-corrected chi connectivity index (χ4v) is 2.00. The molecule has 1 amide bonds. The van der Waals surface area contributed by atoms with E-state index in [1.54, 1.807) is 24.5 Å². The second-order valence-electron chi connectivity index (χ2n) is 3.90. The summed E-state index contributed by atoms with van der Waals surface area (Å²) in [6.45, 7) is 0.440. The quantitative estimate of drug-likeness (QED) is 0.805. The molecule has 1 aliphatic rings. The number of pyridine rings is 1. The molecular weight excluding hydrogens is 216 g/mol. The van der Waals surface area contributed by atoms with Gasteiger partial charge in [-0.05, 0) is 29.3 Å².